The third-order valence-corrected chi connectivity index (χ3v) is 4.10. The summed E-state index contributed by atoms with van der Waals surface area (Å²) in [7, 11) is 0. The molecule has 0 unspecified atom stereocenters. The van der Waals surface area contributed by atoms with Crippen LogP contribution in [0.1, 0.15) is 42.0 Å². The van der Waals surface area contributed by atoms with Crippen LogP contribution in [0.5, 0.6) is 0 Å². The molecule has 0 aliphatic carbocycles. The monoisotopic (exact) mass is 324 g/mol. The molecule has 5 nitrogen and oxygen atoms in total. The number of carbonyl (C=O) groups is 1. The Kier molecular flexibility index (Phi) is 4.79. The van der Waals surface area contributed by atoms with E-state index in [9.17, 15) is 4.79 Å². The number of aromatic nitrogens is 2. The van der Waals surface area contributed by atoms with E-state index in [2.05, 4.69) is 35.2 Å². The maximum Gasteiger partial charge on any atom is 0.277 e. The van der Waals surface area contributed by atoms with Crippen molar-refractivity contribution in [1.29, 1.82) is 0 Å². The van der Waals surface area contributed by atoms with Gasteiger partial charge in [0.2, 0.25) is 5.95 Å². The Morgan fingerprint density at radius 1 is 1.29 bits per heavy atom. The van der Waals surface area contributed by atoms with Gasteiger partial charge in [-0.15, -0.1) is 0 Å². The zero-order valence-corrected chi connectivity index (χ0v) is 14.5. The summed E-state index contributed by atoms with van der Waals surface area (Å²) < 4.78 is 0. The van der Waals surface area contributed by atoms with E-state index in [0.29, 0.717) is 17.6 Å². The Morgan fingerprint density at radius 3 is 2.88 bits per heavy atom. The second-order valence-corrected chi connectivity index (χ2v) is 6.68. The van der Waals surface area contributed by atoms with E-state index in [4.69, 9.17) is 0 Å². The number of para-hydroxylation sites is 1. The molecule has 2 heterocycles. The van der Waals surface area contributed by atoms with Crippen LogP contribution in [0.15, 0.2) is 30.3 Å². The number of amides is 1. The average molecular weight is 324 g/mol. The minimum atomic E-state index is -0.0553. The molecule has 1 N–H and O–H groups in total. The van der Waals surface area contributed by atoms with Gasteiger partial charge in [-0.05, 0) is 43.4 Å². The maximum absolute atomic E-state index is 13.0. The fourth-order valence-electron chi connectivity index (χ4n) is 2.94. The predicted octanol–water partition coefficient (Wildman–Crippen LogP) is 3.45. The topological polar surface area (TPSA) is 58.1 Å². The average Bonchev–Trinajstić information content (AvgIpc) is 2.58. The Labute approximate surface area is 143 Å². The van der Waals surface area contributed by atoms with E-state index >= 15 is 0 Å². The summed E-state index contributed by atoms with van der Waals surface area (Å²) in [6.07, 6.45) is 2.00. The largest absolute Gasteiger partial charge is 0.354 e. The highest BCUT2D eigenvalue weighted by Gasteiger charge is 2.24. The Hall–Kier alpha value is -2.43. The first kappa shape index (κ1) is 16.4. The molecule has 1 aromatic heterocycles. The van der Waals surface area contributed by atoms with E-state index in [0.717, 1.165) is 37.3 Å². The Bertz CT molecular complexity index is 742. The van der Waals surface area contributed by atoms with Crippen molar-refractivity contribution >= 4 is 17.5 Å². The van der Waals surface area contributed by atoms with Crippen LogP contribution in [0.25, 0.3) is 0 Å². The van der Waals surface area contributed by atoms with Crippen LogP contribution in [-0.4, -0.2) is 29.0 Å². The van der Waals surface area contributed by atoms with Gasteiger partial charge in [-0.25, -0.2) is 9.97 Å². The lowest BCUT2D eigenvalue weighted by Crippen LogP contribution is -2.36. The summed E-state index contributed by atoms with van der Waals surface area (Å²) in [4.78, 5) is 23.7. The van der Waals surface area contributed by atoms with Crippen molar-refractivity contribution in [3.63, 3.8) is 0 Å². The standard InChI is InChI=1S/C19H24N4O/c1-13(2)12-20-19-21-14(3)11-16(22-19)18(24)23-10-6-8-15-7-4-5-9-17(15)23/h4-5,7,9,11,13H,6,8,10,12H2,1-3H3,(H,20,21,22). The van der Waals surface area contributed by atoms with Crippen LogP contribution >= 0.6 is 0 Å². The lowest BCUT2D eigenvalue weighted by Gasteiger charge is -2.29. The summed E-state index contributed by atoms with van der Waals surface area (Å²) in [5.74, 6) is 0.958. The summed E-state index contributed by atoms with van der Waals surface area (Å²) >= 11 is 0. The fraction of sp³-hybridized carbons (Fsp3) is 0.421. The molecule has 0 fully saturated rings. The van der Waals surface area contributed by atoms with Gasteiger partial charge >= 0.3 is 0 Å². The second-order valence-electron chi connectivity index (χ2n) is 6.68. The summed E-state index contributed by atoms with van der Waals surface area (Å²) in [5, 5.41) is 3.21. The number of rotatable bonds is 4. The van der Waals surface area contributed by atoms with Crippen molar-refractivity contribution in [1.82, 2.24) is 9.97 Å². The highest BCUT2D eigenvalue weighted by molar-refractivity contribution is 6.05. The summed E-state index contributed by atoms with van der Waals surface area (Å²) in [6.45, 7) is 7.65. The minimum Gasteiger partial charge on any atom is -0.354 e. The van der Waals surface area contributed by atoms with E-state index in [-0.39, 0.29) is 5.91 Å². The quantitative estimate of drug-likeness (QED) is 0.936. The number of anilines is 2. The number of nitrogens with zero attached hydrogens (tertiary/aromatic N) is 3. The van der Waals surface area contributed by atoms with Gasteiger partial charge in [-0.1, -0.05) is 32.0 Å². The highest BCUT2D eigenvalue weighted by Crippen LogP contribution is 2.28. The number of aryl methyl sites for hydroxylation is 2. The van der Waals surface area contributed by atoms with Crippen molar-refractivity contribution in [2.45, 2.75) is 33.6 Å². The van der Waals surface area contributed by atoms with Gasteiger partial charge in [0.15, 0.2) is 0 Å². The molecule has 0 saturated heterocycles. The molecule has 5 heteroatoms. The SMILES string of the molecule is Cc1cc(C(=O)N2CCCc3ccccc32)nc(NCC(C)C)n1. The lowest BCUT2D eigenvalue weighted by molar-refractivity contribution is 0.0980. The van der Waals surface area contributed by atoms with Crippen molar-refractivity contribution in [3.05, 3.63) is 47.3 Å². The van der Waals surface area contributed by atoms with Crippen molar-refractivity contribution in [2.24, 2.45) is 5.92 Å². The molecule has 126 valence electrons. The van der Waals surface area contributed by atoms with Crippen molar-refractivity contribution in [2.75, 3.05) is 23.3 Å². The molecule has 0 radical (unpaired) electrons. The molecule has 1 aromatic carbocycles. The zero-order valence-electron chi connectivity index (χ0n) is 14.5. The first-order valence-electron chi connectivity index (χ1n) is 8.54. The molecular formula is C19H24N4O. The lowest BCUT2D eigenvalue weighted by atomic mass is 10.0. The van der Waals surface area contributed by atoms with Gasteiger partial charge in [0.1, 0.15) is 5.69 Å². The van der Waals surface area contributed by atoms with Gasteiger partial charge in [-0.2, -0.15) is 0 Å². The maximum atomic E-state index is 13.0. The Balaban J connectivity index is 1.88. The molecule has 3 rings (SSSR count). The number of fused-ring (bicyclic) bond motifs is 1. The molecule has 1 amide bonds. The zero-order chi connectivity index (χ0) is 17.1. The molecule has 0 spiro atoms. The molecular weight excluding hydrogens is 300 g/mol. The number of hydrogen-bond donors (Lipinski definition) is 1. The molecule has 1 aliphatic heterocycles. The van der Waals surface area contributed by atoms with Crippen molar-refractivity contribution < 1.29 is 4.79 Å². The predicted molar refractivity (Wildman–Crippen MR) is 96.5 cm³/mol. The smallest absolute Gasteiger partial charge is 0.277 e. The normalized spacial score (nSPS) is 13.8. The molecule has 0 atom stereocenters. The van der Waals surface area contributed by atoms with E-state index in [1.807, 2.05) is 30.0 Å². The van der Waals surface area contributed by atoms with Gasteiger partial charge in [0.05, 0.1) is 0 Å². The molecule has 24 heavy (non-hydrogen) atoms. The molecule has 2 aromatic rings. The first-order valence-corrected chi connectivity index (χ1v) is 8.54. The van der Waals surface area contributed by atoms with E-state index < -0.39 is 0 Å². The van der Waals surface area contributed by atoms with Gasteiger partial charge in [0.25, 0.3) is 5.91 Å². The van der Waals surface area contributed by atoms with Crippen LogP contribution in [-0.2, 0) is 6.42 Å². The highest BCUT2D eigenvalue weighted by atomic mass is 16.2. The summed E-state index contributed by atoms with van der Waals surface area (Å²) in [5.41, 5.74) is 3.47. The fourth-order valence-corrected chi connectivity index (χ4v) is 2.94. The van der Waals surface area contributed by atoms with Crippen LogP contribution in [0, 0.1) is 12.8 Å². The van der Waals surface area contributed by atoms with E-state index in [1.165, 1.54) is 5.56 Å². The van der Waals surface area contributed by atoms with Gasteiger partial charge < -0.3 is 10.2 Å². The van der Waals surface area contributed by atoms with Crippen LogP contribution in [0.3, 0.4) is 0 Å². The number of carbonyl (C=O) groups excluding carboxylic acids is 1. The third-order valence-electron chi connectivity index (χ3n) is 4.10. The van der Waals surface area contributed by atoms with Crippen LogP contribution in [0.4, 0.5) is 11.6 Å². The van der Waals surface area contributed by atoms with E-state index in [1.54, 1.807) is 6.07 Å². The number of hydrogen-bond acceptors (Lipinski definition) is 4. The third kappa shape index (κ3) is 3.55. The number of nitrogens with one attached hydrogen (secondary N) is 1. The van der Waals surface area contributed by atoms with Crippen molar-refractivity contribution in [3.8, 4) is 0 Å². The van der Waals surface area contributed by atoms with Gasteiger partial charge in [-0.3, -0.25) is 4.79 Å². The van der Waals surface area contributed by atoms with Crippen LogP contribution < -0.4 is 10.2 Å². The van der Waals surface area contributed by atoms with Gasteiger partial charge in [0, 0.05) is 24.5 Å². The Morgan fingerprint density at radius 2 is 2.08 bits per heavy atom. The summed E-state index contributed by atoms with van der Waals surface area (Å²) in [6, 6.07) is 9.87. The number of benzene rings is 1. The molecule has 0 saturated carbocycles. The van der Waals surface area contributed by atoms with Crippen LogP contribution in [0.2, 0.25) is 0 Å². The second kappa shape index (κ2) is 6.99. The first-order chi connectivity index (χ1) is 11.5. The minimum absolute atomic E-state index is 0.0553. The molecule has 0 bridgehead atoms. The molecule has 1 aliphatic rings.